The number of nitriles is 2. The summed E-state index contributed by atoms with van der Waals surface area (Å²) in [5, 5.41) is 30.9. The van der Waals surface area contributed by atoms with Crippen molar-refractivity contribution in [3.05, 3.63) is 29.3 Å². The Morgan fingerprint density at radius 2 is 1.61 bits per heavy atom. The zero-order chi connectivity index (χ0) is 13.0. The molecule has 2 N–H and O–H groups in total. The highest BCUT2D eigenvalue weighted by molar-refractivity contribution is 5.66. The molecule has 92 valence electrons. The zero-order valence-corrected chi connectivity index (χ0v) is 10.1. The minimum Gasteiger partial charge on any atom is -0.393 e. The van der Waals surface area contributed by atoms with Gasteiger partial charge in [0, 0.05) is 6.04 Å². The third kappa shape index (κ3) is 2.61. The van der Waals surface area contributed by atoms with Crippen molar-refractivity contribution in [3.8, 4) is 12.1 Å². The summed E-state index contributed by atoms with van der Waals surface area (Å²) in [7, 11) is 0. The van der Waals surface area contributed by atoms with E-state index in [0.29, 0.717) is 16.8 Å². The molecule has 0 atom stereocenters. The summed E-state index contributed by atoms with van der Waals surface area (Å²) in [6.07, 6.45) is 3.07. The summed E-state index contributed by atoms with van der Waals surface area (Å²) in [4.78, 5) is 0. The van der Waals surface area contributed by atoms with Crippen molar-refractivity contribution in [2.75, 3.05) is 5.32 Å². The Morgan fingerprint density at radius 3 is 2.11 bits per heavy atom. The summed E-state index contributed by atoms with van der Waals surface area (Å²) in [6, 6.07) is 9.58. The van der Waals surface area contributed by atoms with E-state index in [1.807, 2.05) is 0 Å². The Morgan fingerprint density at radius 1 is 1.06 bits per heavy atom. The van der Waals surface area contributed by atoms with Crippen LogP contribution in [0.2, 0.25) is 0 Å². The average Bonchev–Trinajstić information content (AvgIpc) is 2.41. The number of anilines is 1. The lowest BCUT2D eigenvalue weighted by atomic mass is 9.92. The van der Waals surface area contributed by atoms with E-state index in [4.69, 9.17) is 10.5 Å². The first kappa shape index (κ1) is 12.4. The standard InChI is InChI=1S/C14H15N3O/c15-8-10-2-1-3-11(9-16)14(10)17-12-4-6-13(18)7-5-12/h1-3,12-13,17-18H,4-7H2. The fourth-order valence-electron chi connectivity index (χ4n) is 2.32. The topological polar surface area (TPSA) is 79.8 Å². The van der Waals surface area contributed by atoms with E-state index in [9.17, 15) is 5.11 Å². The Balaban J connectivity index is 2.19. The van der Waals surface area contributed by atoms with Crippen LogP contribution in [0.5, 0.6) is 0 Å². The molecule has 4 nitrogen and oxygen atoms in total. The third-order valence-corrected chi connectivity index (χ3v) is 3.35. The molecule has 0 amide bonds. The molecule has 1 saturated carbocycles. The number of aliphatic hydroxyl groups excluding tert-OH is 1. The molecule has 1 fully saturated rings. The van der Waals surface area contributed by atoms with Crippen LogP contribution in [-0.4, -0.2) is 17.3 Å². The number of hydrogen-bond donors (Lipinski definition) is 2. The van der Waals surface area contributed by atoms with Crippen molar-refractivity contribution >= 4 is 5.69 Å². The van der Waals surface area contributed by atoms with Crippen LogP contribution in [0.15, 0.2) is 18.2 Å². The molecule has 2 rings (SSSR count). The van der Waals surface area contributed by atoms with E-state index >= 15 is 0 Å². The maximum absolute atomic E-state index is 9.46. The van der Waals surface area contributed by atoms with Crippen LogP contribution < -0.4 is 5.32 Å². The second kappa shape index (κ2) is 5.53. The second-order valence-electron chi connectivity index (χ2n) is 4.60. The first-order valence-electron chi connectivity index (χ1n) is 6.12. The molecular weight excluding hydrogens is 226 g/mol. The highest BCUT2D eigenvalue weighted by Gasteiger charge is 2.20. The number of aliphatic hydroxyl groups is 1. The first-order chi connectivity index (χ1) is 8.74. The first-order valence-corrected chi connectivity index (χ1v) is 6.12. The van der Waals surface area contributed by atoms with Gasteiger partial charge in [-0.15, -0.1) is 0 Å². The van der Waals surface area contributed by atoms with Crippen LogP contribution in [0.25, 0.3) is 0 Å². The summed E-state index contributed by atoms with van der Waals surface area (Å²) in [6.45, 7) is 0. The smallest absolute Gasteiger partial charge is 0.101 e. The molecule has 18 heavy (non-hydrogen) atoms. The van der Waals surface area contributed by atoms with E-state index in [-0.39, 0.29) is 12.1 Å². The summed E-state index contributed by atoms with van der Waals surface area (Å²) >= 11 is 0. The lowest BCUT2D eigenvalue weighted by Crippen LogP contribution is -2.28. The third-order valence-electron chi connectivity index (χ3n) is 3.35. The maximum atomic E-state index is 9.46. The van der Waals surface area contributed by atoms with Gasteiger partial charge in [0.1, 0.15) is 12.1 Å². The van der Waals surface area contributed by atoms with Gasteiger partial charge in [0.05, 0.1) is 22.9 Å². The Bertz CT molecular complexity index is 473. The highest BCUT2D eigenvalue weighted by atomic mass is 16.3. The predicted octanol–water partition coefficient (Wildman–Crippen LogP) is 2.15. The highest BCUT2D eigenvalue weighted by Crippen LogP contribution is 2.26. The predicted molar refractivity (Wildman–Crippen MR) is 67.8 cm³/mol. The van der Waals surface area contributed by atoms with E-state index < -0.39 is 0 Å². The molecule has 0 radical (unpaired) electrons. The lowest BCUT2D eigenvalue weighted by Gasteiger charge is -2.27. The van der Waals surface area contributed by atoms with E-state index in [1.165, 1.54) is 0 Å². The van der Waals surface area contributed by atoms with Crippen molar-refractivity contribution in [2.45, 2.75) is 37.8 Å². The number of para-hydroxylation sites is 1. The van der Waals surface area contributed by atoms with Crippen LogP contribution in [0.3, 0.4) is 0 Å². The van der Waals surface area contributed by atoms with Gasteiger partial charge in [-0.3, -0.25) is 0 Å². The number of nitrogens with one attached hydrogen (secondary N) is 1. The molecule has 0 unspecified atom stereocenters. The van der Waals surface area contributed by atoms with Crippen LogP contribution in [0, 0.1) is 22.7 Å². The van der Waals surface area contributed by atoms with Gasteiger partial charge in [0.25, 0.3) is 0 Å². The monoisotopic (exact) mass is 241 g/mol. The van der Waals surface area contributed by atoms with Crippen LogP contribution in [0.1, 0.15) is 36.8 Å². The lowest BCUT2D eigenvalue weighted by molar-refractivity contribution is 0.126. The quantitative estimate of drug-likeness (QED) is 0.831. The van der Waals surface area contributed by atoms with E-state index in [0.717, 1.165) is 25.7 Å². The van der Waals surface area contributed by atoms with Gasteiger partial charge >= 0.3 is 0 Å². The number of benzene rings is 1. The normalized spacial score (nSPS) is 22.8. The Hall–Kier alpha value is -2.04. The molecule has 0 spiro atoms. The number of rotatable bonds is 2. The van der Waals surface area contributed by atoms with Gasteiger partial charge in [-0.2, -0.15) is 10.5 Å². The second-order valence-corrected chi connectivity index (χ2v) is 4.60. The van der Waals surface area contributed by atoms with E-state index in [1.54, 1.807) is 18.2 Å². The van der Waals surface area contributed by atoms with Crippen molar-refractivity contribution in [3.63, 3.8) is 0 Å². The molecule has 1 aromatic carbocycles. The van der Waals surface area contributed by atoms with Crippen LogP contribution in [0.4, 0.5) is 5.69 Å². The summed E-state index contributed by atoms with van der Waals surface area (Å²) < 4.78 is 0. The van der Waals surface area contributed by atoms with Crippen molar-refractivity contribution in [2.24, 2.45) is 0 Å². The molecule has 1 aliphatic carbocycles. The molecule has 1 aliphatic rings. The zero-order valence-electron chi connectivity index (χ0n) is 10.1. The number of nitrogens with zero attached hydrogens (tertiary/aromatic N) is 2. The largest absolute Gasteiger partial charge is 0.393 e. The van der Waals surface area contributed by atoms with Gasteiger partial charge in [0.15, 0.2) is 0 Å². The molecule has 4 heteroatoms. The van der Waals surface area contributed by atoms with Gasteiger partial charge in [-0.25, -0.2) is 0 Å². The molecule has 0 saturated heterocycles. The fourth-order valence-corrected chi connectivity index (χ4v) is 2.32. The minimum atomic E-state index is -0.204. The summed E-state index contributed by atoms with van der Waals surface area (Å²) in [5.41, 5.74) is 1.63. The molecule has 1 aromatic rings. The van der Waals surface area contributed by atoms with Crippen molar-refractivity contribution in [1.82, 2.24) is 0 Å². The van der Waals surface area contributed by atoms with Gasteiger partial charge in [-0.1, -0.05) is 6.07 Å². The average molecular weight is 241 g/mol. The van der Waals surface area contributed by atoms with Crippen molar-refractivity contribution < 1.29 is 5.11 Å². The van der Waals surface area contributed by atoms with E-state index in [2.05, 4.69) is 17.5 Å². The Labute approximate surface area is 106 Å². The molecule has 0 bridgehead atoms. The Kier molecular flexibility index (Phi) is 3.82. The number of hydrogen-bond acceptors (Lipinski definition) is 4. The molecule has 0 aliphatic heterocycles. The minimum absolute atomic E-state index is 0.204. The van der Waals surface area contributed by atoms with Gasteiger partial charge in [-0.05, 0) is 37.8 Å². The van der Waals surface area contributed by atoms with Crippen LogP contribution in [-0.2, 0) is 0 Å². The molecular formula is C14H15N3O. The molecule has 0 heterocycles. The van der Waals surface area contributed by atoms with Crippen LogP contribution >= 0.6 is 0 Å². The fraction of sp³-hybridized carbons (Fsp3) is 0.429. The van der Waals surface area contributed by atoms with Gasteiger partial charge in [0.2, 0.25) is 0 Å². The molecule has 0 aromatic heterocycles. The SMILES string of the molecule is N#Cc1cccc(C#N)c1NC1CCC(O)CC1. The van der Waals surface area contributed by atoms with Crippen molar-refractivity contribution in [1.29, 1.82) is 10.5 Å². The van der Waals surface area contributed by atoms with Gasteiger partial charge < -0.3 is 10.4 Å². The summed E-state index contributed by atoms with van der Waals surface area (Å²) in [5.74, 6) is 0. The maximum Gasteiger partial charge on any atom is 0.101 e.